The van der Waals surface area contributed by atoms with Crippen LogP contribution < -0.4 is 5.32 Å². The number of hydrogen-bond donors (Lipinski definition) is 1. The predicted octanol–water partition coefficient (Wildman–Crippen LogP) is 4.83. The van der Waals surface area contributed by atoms with Crippen molar-refractivity contribution in [3.8, 4) is 0 Å². The highest BCUT2D eigenvalue weighted by atomic mass is 127. The zero-order valence-corrected chi connectivity index (χ0v) is 15.8. The molecule has 0 aliphatic heterocycles. The van der Waals surface area contributed by atoms with Crippen molar-refractivity contribution in [3.63, 3.8) is 0 Å². The topological polar surface area (TPSA) is 55.4 Å². The lowest BCUT2D eigenvalue weighted by Crippen LogP contribution is -2.13. The largest absolute Gasteiger partial charge is 0.460 e. The van der Waals surface area contributed by atoms with Crippen LogP contribution in [0.2, 0.25) is 0 Å². The Hall–Kier alpha value is -0.500. The van der Waals surface area contributed by atoms with Crippen molar-refractivity contribution < 1.29 is 14.3 Å². The Morgan fingerprint density at radius 1 is 1.09 bits per heavy atom. The number of carbonyl (C=O) groups excluding carboxylic acids is 2. The van der Waals surface area contributed by atoms with Gasteiger partial charge in [-0.2, -0.15) is 0 Å². The number of benzene rings is 1. The normalized spacial score (nSPS) is 10.0. The van der Waals surface area contributed by atoms with Crippen LogP contribution >= 0.6 is 57.4 Å². The van der Waals surface area contributed by atoms with Crippen LogP contribution in [-0.2, 0) is 14.3 Å². The molecule has 1 N–H and O–H groups in total. The summed E-state index contributed by atoms with van der Waals surface area (Å²) in [6.45, 7) is -0.169. The summed E-state index contributed by atoms with van der Waals surface area (Å²) in [5, 5.41) is 2.81. The summed E-state index contributed by atoms with van der Waals surface area (Å²) in [5.74, 6) is -0.620. The van der Waals surface area contributed by atoms with Crippen molar-refractivity contribution in [1.29, 1.82) is 0 Å². The predicted molar refractivity (Wildman–Crippen MR) is 97.2 cm³/mol. The van der Waals surface area contributed by atoms with E-state index in [1.165, 1.54) is 0 Å². The van der Waals surface area contributed by atoms with Crippen molar-refractivity contribution in [2.45, 2.75) is 19.3 Å². The smallest absolute Gasteiger partial charge is 0.306 e. The molecular formula is C14H13Cl3INO3. The number of anilines is 1. The Kier molecular flexibility index (Phi) is 9.16. The fourth-order valence-electron chi connectivity index (χ4n) is 1.42. The number of ether oxygens (including phenoxy) is 1. The van der Waals surface area contributed by atoms with Gasteiger partial charge in [-0.15, -0.1) is 0 Å². The number of hydrogen-bond acceptors (Lipinski definition) is 3. The van der Waals surface area contributed by atoms with E-state index >= 15 is 0 Å². The molecule has 1 aromatic rings. The Labute approximate surface area is 157 Å². The first-order valence-corrected chi connectivity index (χ1v) is 8.50. The molecule has 0 fully saturated rings. The molecule has 8 heteroatoms. The van der Waals surface area contributed by atoms with Gasteiger partial charge in [0.05, 0.1) is 5.03 Å². The molecule has 1 amide bonds. The monoisotopic (exact) mass is 475 g/mol. The highest BCUT2D eigenvalue weighted by Gasteiger charge is 2.08. The molecule has 0 atom stereocenters. The summed E-state index contributed by atoms with van der Waals surface area (Å²) in [7, 11) is 0. The van der Waals surface area contributed by atoms with Crippen molar-refractivity contribution >= 4 is 75.0 Å². The fourth-order valence-corrected chi connectivity index (χ4v) is 1.94. The van der Waals surface area contributed by atoms with Gasteiger partial charge >= 0.3 is 5.97 Å². The SMILES string of the molecule is O=C(CCCC(=O)OCC(Cl)=C(Cl)Cl)Nc1ccc(I)cc1. The summed E-state index contributed by atoms with van der Waals surface area (Å²) in [4.78, 5) is 23.1. The van der Waals surface area contributed by atoms with Crippen LogP contribution in [0.25, 0.3) is 0 Å². The van der Waals surface area contributed by atoms with Gasteiger partial charge in [0.1, 0.15) is 11.1 Å². The second-order valence-electron chi connectivity index (χ2n) is 4.23. The summed E-state index contributed by atoms with van der Waals surface area (Å²) < 4.78 is 5.80. The number of nitrogens with one attached hydrogen (secondary N) is 1. The molecule has 0 saturated heterocycles. The second-order valence-corrected chi connectivity index (χ2v) is 6.89. The highest BCUT2D eigenvalue weighted by molar-refractivity contribution is 14.1. The quantitative estimate of drug-likeness (QED) is 0.453. The van der Waals surface area contributed by atoms with Crippen LogP contribution in [0.4, 0.5) is 5.69 Å². The van der Waals surface area contributed by atoms with Crippen LogP contribution in [0.3, 0.4) is 0 Å². The maximum Gasteiger partial charge on any atom is 0.306 e. The Morgan fingerprint density at radius 2 is 1.73 bits per heavy atom. The third-order valence-electron chi connectivity index (χ3n) is 2.48. The molecule has 0 unspecified atom stereocenters. The number of rotatable bonds is 7. The number of amides is 1. The number of esters is 1. The lowest BCUT2D eigenvalue weighted by Gasteiger charge is -2.06. The minimum Gasteiger partial charge on any atom is -0.460 e. The van der Waals surface area contributed by atoms with Crippen LogP contribution in [0.15, 0.2) is 33.8 Å². The molecule has 0 aliphatic carbocycles. The van der Waals surface area contributed by atoms with Crippen LogP contribution in [0.5, 0.6) is 0 Å². The van der Waals surface area contributed by atoms with E-state index in [4.69, 9.17) is 39.5 Å². The van der Waals surface area contributed by atoms with Gasteiger partial charge in [-0.1, -0.05) is 34.8 Å². The molecule has 0 heterocycles. The minimum atomic E-state index is -0.463. The van der Waals surface area contributed by atoms with Crippen LogP contribution in [0, 0.1) is 3.57 Å². The maximum absolute atomic E-state index is 11.7. The second kappa shape index (κ2) is 10.3. The van der Waals surface area contributed by atoms with Crippen LogP contribution in [-0.4, -0.2) is 18.5 Å². The van der Waals surface area contributed by atoms with E-state index in [2.05, 4.69) is 27.9 Å². The van der Waals surface area contributed by atoms with Crippen LogP contribution in [0.1, 0.15) is 19.3 Å². The average Bonchev–Trinajstić information content (AvgIpc) is 2.47. The molecule has 0 radical (unpaired) electrons. The van der Waals surface area contributed by atoms with E-state index in [1.54, 1.807) is 0 Å². The zero-order valence-electron chi connectivity index (χ0n) is 11.4. The van der Waals surface area contributed by atoms with E-state index in [9.17, 15) is 9.59 Å². The molecule has 1 aromatic carbocycles. The maximum atomic E-state index is 11.7. The van der Waals surface area contributed by atoms with E-state index in [0.29, 0.717) is 6.42 Å². The molecular weight excluding hydrogens is 463 g/mol. The van der Waals surface area contributed by atoms with E-state index in [0.717, 1.165) is 9.26 Å². The molecule has 120 valence electrons. The Bertz CT molecular complexity index is 557. The minimum absolute atomic E-state index is 0.0631. The molecule has 1 rings (SSSR count). The van der Waals surface area contributed by atoms with E-state index < -0.39 is 5.97 Å². The summed E-state index contributed by atoms with van der Waals surface area (Å²) >= 11 is 18.6. The third-order valence-corrected chi connectivity index (χ3v) is 4.14. The molecule has 0 aromatic heterocycles. The summed E-state index contributed by atoms with van der Waals surface area (Å²) in [6.07, 6.45) is 0.718. The van der Waals surface area contributed by atoms with Crippen molar-refractivity contribution in [2.24, 2.45) is 0 Å². The van der Waals surface area contributed by atoms with Gasteiger partial charge in [0.25, 0.3) is 0 Å². The van der Waals surface area contributed by atoms with E-state index in [1.807, 2.05) is 24.3 Å². The number of carbonyl (C=O) groups is 2. The Balaban J connectivity index is 2.23. The van der Waals surface area contributed by atoms with Crippen molar-refractivity contribution in [2.75, 3.05) is 11.9 Å². The zero-order chi connectivity index (χ0) is 16.5. The molecule has 0 aliphatic rings. The average molecular weight is 477 g/mol. The molecule has 0 bridgehead atoms. The first kappa shape index (κ1) is 19.5. The Morgan fingerprint density at radius 3 is 2.32 bits per heavy atom. The standard InChI is InChI=1S/C14H13Cl3INO3/c15-11(14(16)17)8-22-13(21)3-1-2-12(20)19-10-6-4-9(18)5-7-10/h4-7H,1-3,8H2,(H,19,20). The molecule has 4 nitrogen and oxygen atoms in total. The fraction of sp³-hybridized carbons (Fsp3) is 0.286. The molecule has 0 spiro atoms. The van der Waals surface area contributed by atoms with Gasteiger partial charge in [0.15, 0.2) is 0 Å². The van der Waals surface area contributed by atoms with Crippen molar-refractivity contribution in [3.05, 3.63) is 37.4 Å². The summed E-state index contributed by atoms with van der Waals surface area (Å²) in [6, 6.07) is 7.43. The van der Waals surface area contributed by atoms with Gasteiger partial charge in [0, 0.05) is 22.1 Å². The van der Waals surface area contributed by atoms with E-state index in [-0.39, 0.29) is 34.9 Å². The first-order chi connectivity index (χ1) is 10.4. The molecule has 22 heavy (non-hydrogen) atoms. The van der Waals surface area contributed by atoms with Gasteiger partial charge in [-0.25, -0.2) is 0 Å². The number of halogens is 4. The lowest BCUT2D eigenvalue weighted by atomic mass is 10.2. The van der Waals surface area contributed by atoms with Crippen molar-refractivity contribution in [1.82, 2.24) is 0 Å². The van der Waals surface area contributed by atoms with Gasteiger partial charge < -0.3 is 10.1 Å². The van der Waals surface area contributed by atoms with Gasteiger partial charge in [0.2, 0.25) is 5.91 Å². The van der Waals surface area contributed by atoms with Gasteiger partial charge in [-0.3, -0.25) is 9.59 Å². The third kappa shape index (κ3) is 8.22. The summed E-state index contributed by atoms with van der Waals surface area (Å²) in [5.41, 5.74) is 0.724. The lowest BCUT2D eigenvalue weighted by molar-refractivity contribution is -0.142. The highest BCUT2D eigenvalue weighted by Crippen LogP contribution is 2.18. The van der Waals surface area contributed by atoms with Gasteiger partial charge in [-0.05, 0) is 53.3 Å². The first-order valence-electron chi connectivity index (χ1n) is 6.29. The molecule has 0 saturated carbocycles.